The van der Waals surface area contributed by atoms with Crippen molar-refractivity contribution in [3.8, 4) is 0 Å². The van der Waals surface area contributed by atoms with E-state index in [-0.39, 0.29) is 0 Å². The van der Waals surface area contributed by atoms with E-state index in [1.165, 1.54) is 12.8 Å². The summed E-state index contributed by atoms with van der Waals surface area (Å²) in [5.74, 6) is 0.942. The molecule has 1 aromatic rings. The first kappa shape index (κ1) is 11.0. The molecule has 0 aliphatic rings. The Bertz CT molecular complexity index is 273. The molecule has 1 atom stereocenters. The average molecular weight is 193 g/mol. The predicted molar refractivity (Wildman–Crippen MR) is 59.4 cm³/mol. The van der Waals surface area contributed by atoms with Crippen molar-refractivity contribution in [3.63, 3.8) is 0 Å². The van der Waals surface area contributed by atoms with Gasteiger partial charge in [-0.25, -0.2) is 9.97 Å². The van der Waals surface area contributed by atoms with Gasteiger partial charge in [-0.15, -0.1) is 0 Å². The Balaban J connectivity index is 2.57. The van der Waals surface area contributed by atoms with Crippen LogP contribution in [0.2, 0.25) is 0 Å². The minimum atomic E-state index is 0.486. The molecule has 1 aromatic heterocycles. The molecule has 1 rings (SSSR count). The molecule has 1 N–H and O–H groups in total. The fourth-order valence-electron chi connectivity index (χ4n) is 1.43. The summed E-state index contributed by atoms with van der Waals surface area (Å²) in [6, 6.07) is 2.51. The zero-order valence-electron chi connectivity index (χ0n) is 9.25. The SMILES string of the molecule is CCCC(C)Nc1cc(CC)ncn1. The molecule has 1 heterocycles. The van der Waals surface area contributed by atoms with Gasteiger partial charge in [-0.2, -0.15) is 0 Å². The number of anilines is 1. The van der Waals surface area contributed by atoms with E-state index in [1.54, 1.807) is 6.33 Å². The van der Waals surface area contributed by atoms with Gasteiger partial charge in [0.05, 0.1) is 0 Å². The van der Waals surface area contributed by atoms with Crippen LogP contribution in [-0.2, 0) is 6.42 Å². The van der Waals surface area contributed by atoms with Crippen LogP contribution in [0.1, 0.15) is 39.3 Å². The Kier molecular flexibility index (Phi) is 4.36. The van der Waals surface area contributed by atoms with Crippen LogP contribution < -0.4 is 5.32 Å². The van der Waals surface area contributed by atoms with E-state index in [0.717, 1.165) is 17.9 Å². The lowest BCUT2D eigenvalue weighted by Crippen LogP contribution is -2.15. The Morgan fingerprint density at radius 3 is 2.79 bits per heavy atom. The van der Waals surface area contributed by atoms with Gasteiger partial charge in [0.1, 0.15) is 12.1 Å². The molecule has 3 nitrogen and oxygen atoms in total. The molecule has 0 spiro atoms. The first-order valence-electron chi connectivity index (χ1n) is 5.33. The molecule has 1 unspecified atom stereocenters. The van der Waals surface area contributed by atoms with Gasteiger partial charge in [-0.3, -0.25) is 0 Å². The first-order valence-corrected chi connectivity index (χ1v) is 5.33. The Hall–Kier alpha value is -1.12. The van der Waals surface area contributed by atoms with Gasteiger partial charge >= 0.3 is 0 Å². The van der Waals surface area contributed by atoms with Crippen LogP contribution in [0, 0.1) is 0 Å². The molecule has 14 heavy (non-hydrogen) atoms. The van der Waals surface area contributed by atoms with Crippen LogP contribution in [0.4, 0.5) is 5.82 Å². The van der Waals surface area contributed by atoms with Crippen molar-refractivity contribution in [2.24, 2.45) is 0 Å². The van der Waals surface area contributed by atoms with Crippen LogP contribution >= 0.6 is 0 Å². The smallest absolute Gasteiger partial charge is 0.129 e. The Labute approximate surface area is 86.0 Å². The van der Waals surface area contributed by atoms with Crippen molar-refractivity contribution >= 4 is 5.82 Å². The fraction of sp³-hybridized carbons (Fsp3) is 0.636. The molecule has 0 aromatic carbocycles. The minimum absolute atomic E-state index is 0.486. The summed E-state index contributed by atoms with van der Waals surface area (Å²) in [5.41, 5.74) is 1.09. The maximum Gasteiger partial charge on any atom is 0.129 e. The third kappa shape index (κ3) is 3.32. The second kappa shape index (κ2) is 5.58. The van der Waals surface area contributed by atoms with Crippen LogP contribution in [0.3, 0.4) is 0 Å². The summed E-state index contributed by atoms with van der Waals surface area (Å²) < 4.78 is 0. The summed E-state index contributed by atoms with van der Waals surface area (Å²) in [6.45, 7) is 6.47. The molecule has 0 saturated carbocycles. The standard InChI is InChI=1S/C11H19N3/c1-4-6-9(3)14-11-7-10(5-2)12-8-13-11/h7-9H,4-6H2,1-3H3,(H,12,13,14). The molecule has 0 radical (unpaired) electrons. The molecular formula is C11H19N3. The van der Waals surface area contributed by atoms with E-state index >= 15 is 0 Å². The van der Waals surface area contributed by atoms with Crippen molar-refractivity contribution in [3.05, 3.63) is 18.1 Å². The van der Waals surface area contributed by atoms with E-state index in [1.807, 2.05) is 6.07 Å². The summed E-state index contributed by atoms with van der Waals surface area (Å²) in [7, 11) is 0. The molecule has 0 bridgehead atoms. The van der Waals surface area contributed by atoms with Gasteiger partial charge < -0.3 is 5.32 Å². The molecule has 0 saturated heterocycles. The first-order chi connectivity index (χ1) is 6.76. The highest BCUT2D eigenvalue weighted by molar-refractivity contribution is 5.35. The largest absolute Gasteiger partial charge is 0.368 e. The maximum atomic E-state index is 4.19. The predicted octanol–water partition coefficient (Wildman–Crippen LogP) is 2.64. The van der Waals surface area contributed by atoms with Crippen LogP contribution in [0.25, 0.3) is 0 Å². The fourth-order valence-corrected chi connectivity index (χ4v) is 1.43. The van der Waals surface area contributed by atoms with Crippen molar-refractivity contribution in [1.29, 1.82) is 0 Å². The average Bonchev–Trinajstić information content (AvgIpc) is 2.18. The van der Waals surface area contributed by atoms with Crippen LogP contribution in [0.5, 0.6) is 0 Å². The van der Waals surface area contributed by atoms with Gasteiger partial charge in [-0.1, -0.05) is 20.3 Å². The quantitative estimate of drug-likeness (QED) is 0.781. The second-order valence-corrected chi connectivity index (χ2v) is 3.58. The van der Waals surface area contributed by atoms with Crippen molar-refractivity contribution in [2.45, 2.75) is 46.1 Å². The van der Waals surface area contributed by atoms with E-state index in [0.29, 0.717) is 6.04 Å². The summed E-state index contributed by atoms with van der Waals surface area (Å²) in [5, 5.41) is 3.37. The third-order valence-corrected chi connectivity index (χ3v) is 2.20. The van der Waals surface area contributed by atoms with Gasteiger partial charge in [-0.05, 0) is 19.8 Å². The van der Waals surface area contributed by atoms with E-state index < -0.39 is 0 Å². The Morgan fingerprint density at radius 1 is 1.36 bits per heavy atom. The van der Waals surface area contributed by atoms with Gasteiger partial charge in [0.25, 0.3) is 0 Å². The molecule has 78 valence electrons. The minimum Gasteiger partial charge on any atom is -0.368 e. The monoisotopic (exact) mass is 193 g/mol. The van der Waals surface area contributed by atoms with Crippen molar-refractivity contribution in [1.82, 2.24) is 9.97 Å². The summed E-state index contributed by atoms with van der Waals surface area (Å²) in [4.78, 5) is 8.35. The number of hydrogen-bond donors (Lipinski definition) is 1. The molecular weight excluding hydrogens is 174 g/mol. The number of nitrogens with zero attached hydrogens (tertiary/aromatic N) is 2. The molecule has 0 amide bonds. The van der Waals surface area contributed by atoms with Crippen molar-refractivity contribution in [2.75, 3.05) is 5.32 Å². The molecule has 3 heteroatoms. The van der Waals surface area contributed by atoms with Gasteiger partial charge in [0.2, 0.25) is 0 Å². The number of aryl methyl sites for hydroxylation is 1. The molecule has 0 aliphatic carbocycles. The number of hydrogen-bond acceptors (Lipinski definition) is 3. The highest BCUT2D eigenvalue weighted by Gasteiger charge is 2.01. The number of aromatic nitrogens is 2. The summed E-state index contributed by atoms with van der Waals surface area (Å²) >= 11 is 0. The topological polar surface area (TPSA) is 37.8 Å². The lowest BCUT2D eigenvalue weighted by atomic mass is 10.2. The van der Waals surface area contributed by atoms with Crippen molar-refractivity contribution < 1.29 is 0 Å². The van der Waals surface area contributed by atoms with Crippen LogP contribution in [-0.4, -0.2) is 16.0 Å². The van der Waals surface area contributed by atoms with E-state index in [9.17, 15) is 0 Å². The number of nitrogens with one attached hydrogen (secondary N) is 1. The maximum absolute atomic E-state index is 4.19. The molecule has 0 fully saturated rings. The van der Waals surface area contributed by atoms with Crippen LogP contribution in [0.15, 0.2) is 12.4 Å². The summed E-state index contributed by atoms with van der Waals surface area (Å²) in [6.07, 6.45) is 4.95. The van der Waals surface area contributed by atoms with E-state index in [4.69, 9.17) is 0 Å². The third-order valence-electron chi connectivity index (χ3n) is 2.20. The van der Waals surface area contributed by atoms with Gasteiger partial charge in [0.15, 0.2) is 0 Å². The van der Waals surface area contributed by atoms with E-state index in [2.05, 4.69) is 36.1 Å². The highest BCUT2D eigenvalue weighted by Crippen LogP contribution is 2.08. The lowest BCUT2D eigenvalue weighted by molar-refractivity contribution is 0.686. The molecule has 0 aliphatic heterocycles. The lowest BCUT2D eigenvalue weighted by Gasteiger charge is -2.13. The zero-order valence-corrected chi connectivity index (χ0v) is 9.25. The Morgan fingerprint density at radius 2 is 2.14 bits per heavy atom. The highest BCUT2D eigenvalue weighted by atomic mass is 15.0. The second-order valence-electron chi connectivity index (χ2n) is 3.58. The number of rotatable bonds is 5. The normalized spacial score (nSPS) is 12.5. The zero-order chi connectivity index (χ0) is 10.4. The van der Waals surface area contributed by atoms with Gasteiger partial charge in [0, 0.05) is 17.8 Å².